The molecule has 2 nitrogen and oxygen atoms in total. The largest absolute Gasteiger partial charge is 0.411 e. The van der Waals surface area contributed by atoms with E-state index in [0.717, 1.165) is 5.56 Å². The van der Waals surface area contributed by atoms with Crippen LogP contribution in [0, 0.1) is 0 Å². The average molecular weight is 168 g/mol. The lowest BCUT2D eigenvalue weighted by atomic mass is 10.2. The molecule has 0 heterocycles. The van der Waals surface area contributed by atoms with Crippen LogP contribution in [-0.4, -0.2) is 18.2 Å². The molecular formula is C8H12O2Si. The second-order valence-corrected chi connectivity index (χ2v) is 5.67. The predicted molar refractivity (Wildman–Crippen MR) is 46.2 cm³/mol. The first-order chi connectivity index (χ1) is 5.08. The zero-order valence-electron chi connectivity index (χ0n) is 6.49. The van der Waals surface area contributed by atoms with Gasteiger partial charge in [-0.05, 0) is 12.1 Å². The van der Waals surface area contributed by atoms with Crippen LogP contribution in [0.3, 0.4) is 0 Å². The Kier molecular flexibility index (Phi) is 2.44. The van der Waals surface area contributed by atoms with Crippen molar-refractivity contribution >= 4 is 8.56 Å². The lowest BCUT2D eigenvalue weighted by Gasteiger charge is -2.10. The smallest absolute Gasteiger partial charge is 0.334 e. The van der Waals surface area contributed by atoms with Crippen LogP contribution in [0.1, 0.15) is 5.56 Å². The molecule has 2 N–H and O–H groups in total. The zero-order valence-corrected chi connectivity index (χ0v) is 7.49. The van der Waals surface area contributed by atoms with Crippen LogP contribution < -0.4 is 0 Å². The van der Waals surface area contributed by atoms with Gasteiger partial charge in [0.05, 0.1) is 0 Å². The Morgan fingerprint density at radius 1 is 1.18 bits per heavy atom. The van der Waals surface area contributed by atoms with Crippen molar-refractivity contribution in [3.05, 3.63) is 35.9 Å². The highest BCUT2D eigenvalue weighted by Gasteiger charge is 2.21. The van der Waals surface area contributed by atoms with Gasteiger partial charge in [0.1, 0.15) is 0 Å². The highest BCUT2D eigenvalue weighted by Crippen LogP contribution is 2.05. The van der Waals surface area contributed by atoms with E-state index in [1.54, 1.807) is 0 Å². The van der Waals surface area contributed by atoms with Crippen LogP contribution in [0.5, 0.6) is 0 Å². The van der Waals surface area contributed by atoms with Crippen LogP contribution in [0.2, 0.25) is 6.55 Å². The number of rotatable bonds is 2. The van der Waals surface area contributed by atoms with Gasteiger partial charge in [-0.1, -0.05) is 30.3 Å². The van der Waals surface area contributed by atoms with Crippen LogP contribution >= 0.6 is 0 Å². The zero-order chi connectivity index (χ0) is 8.32. The molecule has 0 fully saturated rings. The maximum absolute atomic E-state index is 9.17. The van der Waals surface area contributed by atoms with Crippen molar-refractivity contribution in [2.24, 2.45) is 0 Å². The predicted octanol–water partition coefficient (Wildman–Crippen LogP) is 0.825. The van der Waals surface area contributed by atoms with Crippen molar-refractivity contribution in [1.29, 1.82) is 0 Å². The minimum atomic E-state index is -2.90. The second kappa shape index (κ2) is 3.17. The quantitative estimate of drug-likeness (QED) is 0.642. The van der Waals surface area contributed by atoms with Crippen molar-refractivity contribution in [1.82, 2.24) is 0 Å². The van der Waals surface area contributed by atoms with E-state index in [-0.39, 0.29) is 0 Å². The van der Waals surface area contributed by atoms with Crippen molar-refractivity contribution in [2.45, 2.75) is 12.6 Å². The molecule has 0 spiro atoms. The normalized spacial score (nSPS) is 11.5. The van der Waals surface area contributed by atoms with E-state index in [0.29, 0.717) is 6.04 Å². The van der Waals surface area contributed by atoms with Gasteiger partial charge in [0, 0.05) is 6.04 Å². The molecule has 3 heteroatoms. The molecule has 0 aliphatic carbocycles. The fraction of sp³-hybridized carbons (Fsp3) is 0.250. The lowest BCUT2D eigenvalue weighted by molar-refractivity contribution is 0.369. The summed E-state index contributed by atoms with van der Waals surface area (Å²) < 4.78 is 0. The molecule has 0 saturated carbocycles. The van der Waals surface area contributed by atoms with Crippen LogP contribution in [0.15, 0.2) is 30.3 Å². The topological polar surface area (TPSA) is 40.5 Å². The molecule has 0 amide bonds. The summed E-state index contributed by atoms with van der Waals surface area (Å²) in [4.78, 5) is 18.3. The third-order valence-corrected chi connectivity index (χ3v) is 2.46. The van der Waals surface area contributed by atoms with Gasteiger partial charge in [0.25, 0.3) is 0 Å². The van der Waals surface area contributed by atoms with Crippen LogP contribution in [0.4, 0.5) is 0 Å². The Bertz CT molecular complexity index is 215. The average Bonchev–Trinajstić information content (AvgIpc) is 1.85. The van der Waals surface area contributed by atoms with Crippen LogP contribution in [0.25, 0.3) is 0 Å². The van der Waals surface area contributed by atoms with Gasteiger partial charge in [-0.2, -0.15) is 0 Å². The molecule has 0 atom stereocenters. The van der Waals surface area contributed by atoms with Crippen LogP contribution in [-0.2, 0) is 6.04 Å². The summed E-state index contributed by atoms with van der Waals surface area (Å²) in [6, 6.07) is 9.92. The first-order valence-corrected chi connectivity index (χ1v) is 6.17. The summed E-state index contributed by atoms with van der Waals surface area (Å²) in [5, 5.41) is 0. The molecule has 60 valence electrons. The fourth-order valence-corrected chi connectivity index (χ4v) is 1.99. The van der Waals surface area contributed by atoms with Gasteiger partial charge in [-0.25, -0.2) is 0 Å². The molecule has 1 rings (SSSR count). The van der Waals surface area contributed by atoms with E-state index < -0.39 is 8.56 Å². The standard InChI is InChI=1S/C8H12O2Si/c1-11(9,10)7-8-5-3-2-4-6-8/h2-6,9-10H,7H2,1H3. The molecule has 0 aromatic heterocycles. The minimum Gasteiger partial charge on any atom is -0.411 e. The number of hydrogen-bond acceptors (Lipinski definition) is 2. The molecule has 0 aliphatic heterocycles. The molecule has 0 saturated heterocycles. The molecule has 1 aromatic rings. The maximum Gasteiger partial charge on any atom is 0.334 e. The van der Waals surface area contributed by atoms with Crippen molar-refractivity contribution in [2.75, 3.05) is 0 Å². The van der Waals surface area contributed by atoms with Gasteiger partial charge in [-0.3, -0.25) is 0 Å². The Labute approximate surface area is 67.4 Å². The molecule has 1 aromatic carbocycles. The molecule has 0 aliphatic rings. The highest BCUT2D eigenvalue weighted by molar-refractivity contribution is 6.62. The first-order valence-electron chi connectivity index (χ1n) is 3.57. The highest BCUT2D eigenvalue weighted by atomic mass is 28.4. The Morgan fingerprint density at radius 2 is 1.73 bits per heavy atom. The van der Waals surface area contributed by atoms with Crippen molar-refractivity contribution in [3.63, 3.8) is 0 Å². The minimum absolute atomic E-state index is 0.411. The Hall–Kier alpha value is -0.643. The van der Waals surface area contributed by atoms with E-state index >= 15 is 0 Å². The monoisotopic (exact) mass is 168 g/mol. The van der Waals surface area contributed by atoms with Gasteiger partial charge in [0.15, 0.2) is 0 Å². The summed E-state index contributed by atoms with van der Waals surface area (Å²) in [5.41, 5.74) is 0.992. The number of benzene rings is 1. The molecule has 0 radical (unpaired) electrons. The first kappa shape index (κ1) is 8.45. The van der Waals surface area contributed by atoms with Gasteiger partial charge >= 0.3 is 8.56 Å². The Balaban J connectivity index is 2.66. The van der Waals surface area contributed by atoms with Gasteiger partial charge < -0.3 is 9.59 Å². The third kappa shape index (κ3) is 3.32. The second-order valence-electron chi connectivity index (χ2n) is 2.88. The summed E-state index contributed by atoms with van der Waals surface area (Å²) in [6.45, 7) is 1.51. The molecule has 0 bridgehead atoms. The molecule has 11 heavy (non-hydrogen) atoms. The lowest BCUT2D eigenvalue weighted by Crippen LogP contribution is -2.33. The van der Waals surface area contributed by atoms with Crippen molar-refractivity contribution < 1.29 is 9.59 Å². The maximum atomic E-state index is 9.17. The van der Waals surface area contributed by atoms with Gasteiger partial charge in [0.2, 0.25) is 0 Å². The van der Waals surface area contributed by atoms with E-state index in [1.807, 2.05) is 30.3 Å². The third-order valence-electron chi connectivity index (χ3n) is 1.38. The summed E-state index contributed by atoms with van der Waals surface area (Å²) in [7, 11) is -2.90. The van der Waals surface area contributed by atoms with Crippen molar-refractivity contribution in [3.8, 4) is 0 Å². The SMILES string of the molecule is C[Si](O)(O)Cc1ccccc1. The molecular weight excluding hydrogens is 156 g/mol. The van der Waals surface area contributed by atoms with E-state index in [2.05, 4.69) is 0 Å². The van der Waals surface area contributed by atoms with E-state index in [4.69, 9.17) is 9.59 Å². The molecule has 0 unspecified atom stereocenters. The van der Waals surface area contributed by atoms with E-state index in [1.165, 1.54) is 6.55 Å². The fourth-order valence-electron chi connectivity index (χ4n) is 0.983. The van der Waals surface area contributed by atoms with Gasteiger partial charge in [-0.15, -0.1) is 0 Å². The number of hydrogen-bond donors (Lipinski definition) is 2. The Morgan fingerprint density at radius 3 is 2.18 bits per heavy atom. The summed E-state index contributed by atoms with van der Waals surface area (Å²) in [6.07, 6.45) is 0. The van der Waals surface area contributed by atoms with E-state index in [9.17, 15) is 0 Å². The summed E-state index contributed by atoms with van der Waals surface area (Å²) >= 11 is 0. The summed E-state index contributed by atoms with van der Waals surface area (Å²) in [5.74, 6) is 0.